The average Bonchev–Trinajstić information content (AvgIpc) is 2.52. The van der Waals surface area contributed by atoms with Gasteiger partial charge in [-0.15, -0.1) is 0 Å². The maximum Gasteiger partial charge on any atom is 0.363 e. The van der Waals surface area contributed by atoms with Crippen LogP contribution in [0.15, 0.2) is 0 Å². The van der Waals surface area contributed by atoms with Crippen molar-refractivity contribution in [3.8, 4) is 0 Å². The van der Waals surface area contributed by atoms with Crippen LogP contribution in [0.2, 0.25) is 0 Å². The van der Waals surface area contributed by atoms with Crippen LogP contribution in [0, 0.1) is 0 Å². The van der Waals surface area contributed by atoms with Gasteiger partial charge in [0.05, 0.1) is 6.16 Å². The fraction of sp³-hybridized carbons (Fsp3) is 1.00. The molecule has 0 aromatic rings. The lowest BCUT2D eigenvalue weighted by Gasteiger charge is -2.18. The summed E-state index contributed by atoms with van der Waals surface area (Å²) in [7, 11) is -3.17. The van der Waals surface area contributed by atoms with E-state index in [1.165, 1.54) is 0 Å². The smallest absolute Gasteiger partial charge is 0.329 e. The van der Waals surface area contributed by atoms with Crippen LogP contribution in [0.5, 0.6) is 0 Å². The first kappa shape index (κ1) is 21.9. The monoisotopic (exact) mass is 340 g/mol. The van der Waals surface area contributed by atoms with E-state index < -0.39 is 7.60 Å². The van der Waals surface area contributed by atoms with Gasteiger partial charge in [0.1, 0.15) is 0 Å². The van der Waals surface area contributed by atoms with Gasteiger partial charge in [-0.05, 0) is 6.42 Å². The Morgan fingerprint density at radius 2 is 1.36 bits per heavy atom. The molecule has 0 aromatic heterocycles. The van der Waals surface area contributed by atoms with E-state index >= 15 is 0 Å². The number of unbranched alkanes of at least 4 members (excludes halogenated alkanes) is 1. The van der Waals surface area contributed by atoms with Crippen LogP contribution in [0.25, 0.3) is 0 Å². The van der Waals surface area contributed by atoms with E-state index in [9.17, 15) is 4.57 Å². The Morgan fingerprint density at radius 3 is 1.77 bits per heavy atom. The molecule has 0 aliphatic rings. The lowest BCUT2D eigenvalue weighted by atomic mass is 10.4. The molecule has 22 heavy (non-hydrogen) atoms. The lowest BCUT2D eigenvalue weighted by Crippen LogP contribution is -2.32. The molecular weight excluding hydrogens is 307 g/mol. The van der Waals surface area contributed by atoms with Gasteiger partial charge in [0.2, 0.25) is 0 Å². The highest BCUT2D eigenvalue weighted by atomic mass is 31.2. The van der Waals surface area contributed by atoms with E-state index in [2.05, 4.69) is 21.6 Å². The molecule has 0 radical (unpaired) electrons. The lowest BCUT2D eigenvalue weighted by molar-refractivity contribution is 0.101. The summed E-state index contributed by atoms with van der Waals surface area (Å²) in [5, 5.41) is 6.21. The second-order valence-corrected chi connectivity index (χ2v) is 6.77. The molecule has 8 N–H and O–H groups in total. The van der Waals surface area contributed by atoms with Gasteiger partial charge >= 0.3 is 7.60 Å². The summed E-state index contributed by atoms with van der Waals surface area (Å²) in [6.45, 7) is 7.09. The standard InChI is InChI=1S/C12H33N6O3P/c1-2-3-12-22(19,20-17-10-8-15-6-4-13)21-18-11-9-16-7-5-14/h15-18H,2-14H2,1H3. The number of hydrogen-bond donors (Lipinski definition) is 6. The number of nitrogens with one attached hydrogen (secondary N) is 4. The van der Waals surface area contributed by atoms with Crippen molar-refractivity contribution in [1.29, 1.82) is 0 Å². The molecule has 0 rings (SSSR count). The normalized spacial score (nSPS) is 12.0. The summed E-state index contributed by atoms with van der Waals surface area (Å²) >= 11 is 0. The van der Waals surface area contributed by atoms with E-state index in [-0.39, 0.29) is 0 Å². The van der Waals surface area contributed by atoms with E-state index in [4.69, 9.17) is 20.7 Å². The van der Waals surface area contributed by atoms with Crippen LogP contribution in [0.1, 0.15) is 19.8 Å². The summed E-state index contributed by atoms with van der Waals surface area (Å²) in [4.78, 5) is 0. The SMILES string of the molecule is CCCCP(=O)(ONCCNCCN)ONCCNCCN. The predicted molar refractivity (Wildman–Crippen MR) is 89.4 cm³/mol. The molecule has 0 saturated heterocycles. The fourth-order valence-electron chi connectivity index (χ4n) is 1.48. The van der Waals surface area contributed by atoms with Gasteiger partial charge in [-0.25, -0.2) is 9.25 Å². The molecule has 9 nitrogen and oxygen atoms in total. The van der Waals surface area contributed by atoms with Crippen molar-refractivity contribution >= 4 is 7.60 Å². The minimum atomic E-state index is -3.17. The van der Waals surface area contributed by atoms with Crippen molar-refractivity contribution < 1.29 is 13.8 Å². The van der Waals surface area contributed by atoms with Crippen molar-refractivity contribution in [2.24, 2.45) is 11.5 Å². The van der Waals surface area contributed by atoms with Crippen molar-refractivity contribution in [2.45, 2.75) is 19.8 Å². The molecule has 134 valence electrons. The minimum absolute atomic E-state index is 0.371. The summed E-state index contributed by atoms with van der Waals surface area (Å²) < 4.78 is 23.0. The highest BCUT2D eigenvalue weighted by Crippen LogP contribution is 2.46. The molecule has 0 fully saturated rings. The Kier molecular flexibility index (Phi) is 15.7. The highest BCUT2D eigenvalue weighted by molar-refractivity contribution is 7.53. The zero-order chi connectivity index (χ0) is 16.5. The topological polar surface area (TPSA) is 136 Å². The molecular formula is C12H33N6O3P. The fourth-order valence-corrected chi connectivity index (χ4v) is 2.98. The Labute approximate surface area is 133 Å². The zero-order valence-corrected chi connectivity index (χ0v) is 14.5. The first-order valence-electron chi connectivity index (χ1n) is 7.92. The van der Waals surface area contributed by atoms with E-state index in [1.54, 1.807) is 0 Å². The molecule has 0 unspecified atom stereocenters. The maximum atomic E-state index is 12.5. The molecule has 0 atom stereocenters. The molecule has 0 heterocycles. The van der Waals surface area contributed by atoms with Crippen LogP contribution in [0.4, 0.5) is 0 Å². The predicted octanol–water partition coefficient (Wildman–Crippen LogP) is -0.881. The van der Waals surface area contributed by atoms with Crippen molar-refractivity contribution in [2.75, 3.05) is 58.5 Å². The molecule has 0 aromatic carbocycles. The maximum absolute atomic E-state index is 12.5. The molecule has 0 bridgehead atoms. The Hall–Kier alpha value is -0.0900. The summed E-state index contributed by atoms with van der Waals surface area (Å²) in [6.07, 6.45) is 2.07. The van der Waals surface area contributed by atoms with Crippen molar-refractivity contribution in [1.82, 2.24) is 21.6 Å². The zero-order valence-electron chi connectivity index (χ0n) is 13.6. The summed E-state index contributed by atoms with van der Waals surface area (Å²) in [5.41, 5.74) is 16.1. The molecule has 10 heteroatoms. The molecule has 0 saturated carbocycles. The van der Waals surface area contributed by atoms with Crippen molar-refractivity contribution in [3.63, 3.8) is 0 Å². The average molecular weight is 340 g/mol. The molecule has 0 aliphatic heterocycles. The first-order chi connectivity index (χ1) is 10.7. The van der Waals surface area contributed by atoms with Crippen LogP contribution in [-0.2, 0) is 13.8 Å². The third kappa shape index (κ3) is 13.6. The van der Waals surface area contributed by atoms with Crippen LogP contribution < -0.4 is 33.1 Å². The largest absolute Gasteiger partial charge is 0.363 e. The van der Waals surface area contributed by atoms with Crippen molar-refractivity contribution in [3.05, 3.63) is 0 Å². The quantitative estimate of drug-likeness (QED) is 0.113. The van der Waals surface area contributed by atoms with Gasteiger partial charge in [-0.1, -0.05) is 13.3 Å². The number of hydrogen-bond acceptors (Lipinski definition) is 9. The van der Waals surface area contributed by atoms with Crippen LogP contribution in [0.3, 0.4) is 0 Å². The Balaban J connectivity index is 3.87. The van der Waals surface area contributed by atoms with E-state index in [0.717, 1.165) is 25.9 Å². The second-order valence-electron chi connectivity index (χ2n) is 4.74. The van der Waals surface area contributed by atoms with Gasteiger partial charge in [-0.2, -0.15) is 11.0 Å². The van der Waals surface area contributed by atoms with Crippen LogP contribution in [-0.4, -0.2) is 58.5 Å². The third-order valence-electron chi connectivity index (χ3n) is 2.64. The Bertz CT molecular complexity index is 266. The molecule has 0 spiro atoms. The minimum Gasteiger partial charge on any atom is -0.329 e. The highest BCUT2D eigenvalue weighted by Gasteiger charge is 2.24. The number of nitrogens with two attached hydrogens (primary N) is 2. The van der Waals surface area contributed by atoms with Crippen LogP contribution >= 0.6 is 7.60 Å². The van der Waals surface area contributed by atoms with Gasteiger partial charge in [0.25, 0.3) is 0 Å². The van der Waals surface area contributed by atoms with E-state index in [0.29, 0.717) is 45.4 Å². The van der Waals surface area contributed by atoms with Gasteiger partial charge in [-0.3, -0.25) is 4.57 Å². The van der Waals surface area contributed by atoms with Gasteiger partial charge < -0.3 is 22.1 Å². The molecule has 0 amide bonds. The first-order valence-corrected chi connectivity index (χ1v) is 9.65. The number of hydroxylamine groups is 2. The third-order valence-corrected chi connectivity index (χ3v) is 4.32. The number of rotatable bonds is 17. The Morgan fingerprint density at radius 1 is 0.864 bits per heavy atom. The summed E-state index contributed by atoms with van der Waals surface area (Å²) in [5.74, 6) is 0. The summed E-state index contributed by atoms with van der Waals surface area (Å²) in [6, 6.07) is 0. The molecule has 0 aliphatic carbocycles. The van der Waals surface area contributed by atoms with E-state index in [1.807, 2.05) is 6.92 Å². The van der Waals surface area contributed by atoms with Gasteiger partial charge in [0.15, 0.2) is 0 Å². The van der Waals surface area contributed by atoms with Gasteiger partial charge in [0, 0.05) is 52.4 Å². The second kappa shape index (κ2) is 15.8.